The van der Waals surface area contributed by atoms with E-state index in [0.717, 1.165) is 45.8 Å². The van der Waals surface area contributed by atoms with E-state index in [4.69, 9.17) is 14.2 Å². The summed E-state index contributed by atoms with van der Waals surface area (Å²) in [4.78, 5) is 0. The van der Waals surface area contributed by atoms with Gasteiger partial charge in [-0.05, 0) is 13.0 Å². The highest BCUT2D eigenvalue weighted by Gasteiger charge is 2.20. The van der Waals surface area contributed by atoms with Crippen molar-refractivity contribution in [2.24, 2.45) is 0 Å². The fraction of sp³-hybridized carbons (Fsp3) is 1.00. The Labute approximate surface area is 92.3 Å². The van der Waals surface area contributed by atoms with E-state index >= 15 is 0 Å². The molecule has 4 heteroatoms. The topological polar surface area (TPSA) is 39.7 Å². The second kappa shape index (κ2) is 8.05. The van der Waals surface area contributed by atoms with Crippen LogP contribution >= 0.6 is 0 Å². The molecule has 0 aromatic carbocycles. The lowest BCUT2D eigenvalue weighted by atomic mass is 10.2. The largest absolute Gasteiger partial charge is 0.380 e. The van der Waals surface area contributed by atoms with Crippen LogP contribution in [0.2, 0.25) is 0 Å². The predicted molar refractivity (Wildman–Crippen MR) is 58.9 cm³/mol. The van der Waals surface area contributed by atoms with Gasteiger partial charge in [-0.1, -0.05) is 13.8 Å². The summed E-state index contributed by atoms with van der Waals surface area (Å²) in [6.07, 6.45) is 1.89. The van der Waals surface area contributed by atoms with Crippen molar-refractivity contribution in [1.82, 2.24) is 5.32 Å². The quantitative estimate of drug-likeness (QED) is 0.619. The Kier molecular flexibility index (Phi) is 6.92. The molecule has 0 amide bonds. The smallest absolute Gasteiger partial charge is 0.159 e. The van der Waals surface area contributed by atoms with Crippen molar-refractivity contribution in [3.8, 4) is 0 Å². The molecule has 0 bridgehead atoms. The van der Waals surface area contributed by atoms with Crippen molar-refractivity contribution < 1.29 is 14.2 Å². The van der Waals surface area contributed by atoms with Crippen molar-refractivity contribution in [3.05, 3.63) is 0 Å². The Hall–Kier alpha value is -0.160. The summed E-state index contributed by atoms with van der Waals surface area (Å²) in [5, 5.41) is 3.38. The third kappa shape index (κ3) is 5.47. The van der Waals surface area contributed by atoms with E-state index in [1.165, 1.54) is 0 Å². The number of rotatable bonds is 8. The van der Waals surface area contributed by atoms with Crippen molar-refractivity contribution in [1.29, 1.82) is 0 Å². The van der Waals surface area contributed by atoms with Crippen LogP contribution in [0.4, 0.5) is 0 Å². The number of ether oxygens (including phenoxy) is 3. The van der Waals surface area contributed by atoms with E-state index in [1.807, 2.05) is 0 Å². The Balaban J connectivity index is 2.16. The summed E-state index contributed by atoms with van der Waals surface area (Å²) in [6, 6.07) is 0.338. The predicted octanol–water partition coefficient (Wildman–Crippen LogP) is 1.15. The minimum atomic E-state index is -0.0423. The van der Waals surface area contributed by atoms with Crippen LogP contribution < -0.4 is 5.32 Å². The van der Waals surface area contributed by atoms with Crippen LogP contribution in [0, 0.1) is 0 Å². The van der Waals surface area contributed by atoms with Crippen LogP contribution in [0.25, 0.3) is 0 Å². The summed E-state index contributed by atoms with van der Waals surface area (Å²) < 4.78 is 16.4. The fourth-order valence-corrected chi connectivity index (χ4v) is 1.64. The van der Waals surface area contributed by atoms with Gasteiger partial charge in [-0.15, -0.1) is 0 Å². The molecule has 90 valence electrons. The molecule has 0 aromatic heterocycles. The van der Waals surface area contributed by atoms with Gasteiger partial charge in [0.2, 0.25) is 0 Å². The van der Waals surface area contributed by atoms with Gasteiger partial charge in [0, 0.05) is 19.1 Å². The molecule has 0 aliphatic carbocycles. The normalized spacial score (nSPS) is 19.6. The summed E-state index contributed by atoms with van der Waals surface area (Å²) in [7, 11) is 0. The molecule has 0 aromatic rings. The van der Waals surface area contributed by atoms with E-state index in [1.54, 1.807) is 0 Å². The molecule has 0 saturated carbocycles. The number of hydrogen-bond acceptors (Lipinski definition) is 4. The molecule has 0 radical (unpaired) electrons. The van der Waals surface area contributed by atoms with Gasteiger partial charge in [0.05, 0.1) is 19.8 Å². The molecule has 1 aliphatic rings. The first-order valence-electron chi connectivity index (χ1n) is 5.91. The molecular weight excluding hydrogens is 194 g/mol. The minimum Gasteiger partial charge on any atom is -0.380 e. The molecule has 1 heterocycles. The van der Waals surface area contributed by atoms with Crippen LogP contribution in [0.1, 0.15) is 26.7 Å². The first-order valence-corrected chi connectivity index (χ1v) is 5.91. The number of hydrogen-bond donors (Lipinski definition) is 1. The van der Waals surface area contributed by atoms with Crippen molar-refractivity contribution in [2.45, 2.75) is 39.0 Å². The maximum Gasteiger partial charge on any atom is 0.159 e. The summed E-state index contributed by atoms with van der Waals surface area (Å²) >= 11 is 0. The van der Waals surface area contributed by atoms with Crippen LogP contribution in [-0.4, -0.2) is 45.3 Å². The standard InChI is InChI=1S/C11H23NO3/c1-3-5-13-9-10(12-4-2)8-11-14-6-7-15-11/h10-12H,3-9H2,1-2H3. The SMILES string of the molecule is CCCOCC(CC1OCCO1)NCC. The molecule has 1 unspecified atom stereocenters. The molecule has 1 rings (SSSR count). The molecule has 15 heavy (non-hydrogen) atoms. The van der Waals surface area contributed by atoms with Gasteiger partial charge in [0.25, 0.3) is 0 Å². The molecule has 0 spiro atoms. The molecular formula is C11H23NO3. The number of likely N-dealkylation sites (N-methyl/N-ethyl adjacent to an activating group) is 1. The first kappa shape index (κ1) is 12.9. The zero-order valence-electron chi connectivity index (χ0n) is 9.83. The van der Waals surface area contributed by atoms with E-state index < -0.39 is 0 Å². The molecule has 1 fully saturated rings. The van der Waals surface area contributed by atoms with Gasteiger partial charge in [-0.3, -0.25) is 0 Å². The lowest BCUT2D eigenvalue weighted by Gasteiger charge is -2.20. The summed E-state index contributed by atoms with van der Waals surface area (Å²) in [5.41, 5.74) is 0. The highest BCUT2D eigenvalue weighted by Crippen LogP contribution is 2.10. The lowest BCUT2D eigenvalue weighted by Crippen LogP contribution is -2.36. The van der Waals surface area contributed by atoms with Gasteiger partial charge < -0.3 is 19.5 Å². The monoisotopic (exact) mass is 217 g/mol. The second-order valence-corrected chi connectivity index (χ2v) is 3.74. The van der Waals surface area contributed by atoms with E-state index in [0.29, 0.717) is 6.04 Å². The second-order valence-electron chi connectivity index (χ2n) is 3.74. The molecule has 1 aliphatic heterocycles. The van der Waals surface area contributed by atoms with Gasteiger partial charge >= 0.3 is 0 Å². The first-order chi connectivity index (χ1) is 7.36. The minimum absolute atomic E-state index is 0.0423. The summed E-state index contributed by atoms with van der Waals surface area (Å²) in [5.74, 6) is 0. The van der Waals surface area contributed by atoms with E-state index in [9.17, 15) is 0 Å². The lowest BCUT2D eigenvalue weighted by molar-refractivity contribution is -0.0584. The Morgan fingerprint density at radius 3 is 2.67 bits per heavy atom. The maximum atomic E-state index is 5.53. The number of nitrogens with one attached hydrogen (secondary N) is 1. The van der Waals surface area contributed by atoms with Crippen molar-refractivity contribution in [3.63, 3.8) is 0 Å². The van der Waals surface area contributed by atoms with Crippen molar-refractivity contribution >= 4 is 0 Å². The van der Waals surface area contributed by atoms with Gasteiger partial charge in [0.15, 0.2) is 6.29 Å². The third-order valence-electron chi connectivity index (χ3n) is 2.33. The van der Waals surface area contributed by atoms with Crippen molar-refractivity contribution in [2.75, 3.05) is 33.0 Å². The van der Waals surface area contributed by atoms with E-state index in [2.05, 4.69) is 19.2 Å². The zero-order valence-corrected chi connectivity index (χ0v) is 9.83. The molecule has 1 N–H and O–H groups in total. The van der Waals surface area contributed by atoms with Crippen LogP contribution in [0.5, 0.6) is 0 Å². The Morgan fingerprint density at radius 2 is 2.07 bits per heavy atom. The third-order valence-corrected chi connectivity index (χ3v) is 2.33. The highest BCUT2D eigenvalue weighted by atomic mass is 16.7. The molecule has 4 nitrogen and oxygen atoms in total. The maximum absolute atomic E-state index is 5.53. The van der Waals surface area contributed by atoms with Gasteiger partial charge in [-0.2, -0.15) is 0 Å². The van der Waals surface area contributed by atoms with Crippen LogP contribution in [-0.2, 0) is 14.2 Å². The van der Waals surface area contributed by atoms with Gasteiger partial charge in [0.1, 0.15) is 0 Å². The van der Waals surface area contributed by atoms with E-state index in [-0.39, 0.29) is 6.29 Å². The summed E-state index contributed by atoms with van der Waals surface area (Å²) in [6.45, 7) is 8.18. The van der Waals surface area contributed by atoms with Gasteiger partial charge in [-0.25, -0.2) is 0 Å². The molecule has 1 atom stereocenters. The fourth-order valence-electron chi connectivity index (χ4n) is 1.64. The Morgan fingerprint density at radius 1 is 1.33 bits per heavy atom. The highest BCUT2D eigenvalue weighted by molar-refractivity contribution is 4.69. The zero-order chi connectivity index (χ0) is 10.9. The average molecular weight is 217 g/mol. The van der Waals surface area contributed by atoms with Crippen LogP contribution in [0.15, 0.2) is 0 Å². The molecule has 1 saturated heterocycles. The van der Waals surface area contributed by atoms with Crippen LogP contribution in [0.3, 0.4) is 0 Å². The average Bonchev–Trinajstić information content (AvgIpc) is 2.71. The Bertz CT molecular complexity index is 149.